The Bertz CT molecular complexity index is 966. The Kier molecular flexibility index (Phi) is 6.68. The summed E-state index contributed by atoms with van der Waals surface area (Å²) in [6.45, 7) is 4.26. The van der Waals surface area contributed by atoms with Gasteiger partial charge in [-0.15, -0.1) is 0 Å². The second-order valence-electron chi connectivity index (χ2n) is 7.15. The molecule has 0 saturated heterocycles. The van der Waals surface area contributed by atoms with Crippen LogP contribution < -0.4 is 10.2 Å². The predicted octanol–water partition coefficient (Wildman–Crippen LogP) is 5.20. The van der Waals surface area contributed by atoms with Crippen LogP contribution in [-0.2, 0) is 10.2 Å². The number of rotatable bonds is 7. The molecule has 4 nitrogen and oxygen atoms in total. The van der Waals surface area contributed by atoms with Gasteiger partial charge in [-0.1, -0.05) is 80.0 Å². The lowest BCUT2D eigenvalue weighted by molar-refractivity contribution is -0.123. The van der Waals surface area contributed by atoms with Gasteiger partial charge in [0.2, 0.25) is 0 Å². The maximum Gasteiger partial charge on any atom is 0.277 e. The summed E-state index contributed by atoms with van der Waals surface area (Å²) in [6, 6.07) is 25.3. The van der Waals surface area contributed by atoms with Crippen molar-refractivity contribution in [2.24, 2.45) is 5.10 Å². The van der Waals surface area contributed by atoms with Gasteiger partial charge in [0.1, 0.15) is 5.75 Å². The van der Waals surface area contributed by atoms with E-state index in [0.717, 1.165) is 5.56 Å². The molecular weight excluding hydrogens is 384 g/mol. The molecule has 148 valence electrons. The summed E-state index contributed by atoms with van der Waals surface area (Å²) in [7, 11) is 0. The first kappa shape index (κ1) is 20.6. The van der Waals surface area contributed by atoms with Gasteiger partial charge in [0.05, 0.1) is 6.21 Å². The van der Waals surface area contributed by atoms with Crippen molar-refractivity contribution in [3.8, 4) is 5.75 Å². The monoisotopic (exact) mass is 406 g/mol. The lowest BCUT2D eigenvalue weighted by Gasteiger charge is -2.26. The van der Waals surface area contributed by atoms with E-state index in [9.17, 15) is 4.79 Å². The second-order valence-corrected chi connectivity index (χ2v) is 7.59. The zero-order chi connectivity index (χ0) is 20.7. The van der Waals surface area contributed by atoms with Crippen LogP contribution in [0.4, 0.5) is 0 Å². The van der Waals surface area contributed by atoms with Crippen LogP contribution in [0.3, 0.4) is 0 Å². The van der Waals surface area contributed by atoms with E-state index in [-0.39, 0.29) is 17.9 Å². The Hall–Kier alpha value is -3.11. The fourth-order valence-corrected chi connectivity index (χ4v) is 3.02. The van der Waals surface area contributed by atoms with Gasteiger partial charge in [-0.3, -0.25) is 4.79 Å². The van der Waals surface area contributed by atoms with E-state index in [1.807, 2.05) is 54.6 Å². The van der Waals surface area contributed by atoms with Gasteiger partial charge in [0, 0.05) is 10.4 Å². The summed E-state index contributed by atoms with van der Waals surface area (Å²) in [4.78, 5) is 11.9. The SMILES string of the molecule is CC(C)(c1ccccc1)c1ccc(OCC(=O)NN=Cc2ccc(Cl)cc2)cc1. The molecule has 0 unspecified atom stereocenters. The van der Waals surface area contributed by atoms with Crippen LogP contribution in [0, 0.1) is 0 Å². The summed E-state index contributed by atoms with van der Waals surface area (Å²) in [6.07, 6.45) is 1.55. The predicted molar refractivity (Wildman–Crippen MR) is 118 cm³/mol. The summed E-state index contributed by atoms with van der Waals surface area (Å²) < 4.78 is 5.56. The Morgan fingerprint density at radius 2 is 1.59 bits per heavy atom. The number of carbonyl (C=O) groups is 1. The van der Waals surface area contributed by atoms with E-state index in [4.69, 9.17) is 16.3 Å². The minimum Gasteiger partial charge on any atom is -0.484 e. The zero-order valence-electron chi connectivity index (χ0n) is 16.4. The number of halogens is 1. The molecule has 0 aromatic heterocycles. The lowest BCUT2D eigenvalue weighted by Crippen LogP contribution is -2.24. The highest BCUT2D eigenvalue weighted by molar-refractivity contribution is 6.30. The molecule has 5 heteroatoms. The van der Waals surface area contributed by atoms with Crippen LogP contribution in [0.15, 0.2) is 84.0 Å². The van der Waals surface area contributed by atoms with Crippen molar-refractivity contribution in [1.82, 2.24) is 5.43 Å². The van der Waals surface area contributed by atoms with Crippen molar-refractivity contribution in [3.63, 3.8) is 0 Å². The molecule has 0 spiro atoms. The number of nitrogens with one attached hydrogen (secondary N) is 1. The van der Waals surface area contributed by atoms with Crippen LogP contribution in [0.1, 0.15) is 30.5 Å². The molecule has 0 heterocycles. The first-order valence-corrected chi connectivity index (χ1v) is 9.69. The molecule has 3 aromatic carbocycles. The minimum atomic E-state index is -0.330. The Morgan fingerprint density at radius 1 is 0.966 bits per heavy atom. The highest BCUT2D eigenvalue weighted by Gasteiger charge is 2.22. The fourth-order valence-electron chi connectivity index (χ4n) is 2.90. The molecule has 0 radical (unpaired) electrons. The van der Waals surface area contributed by atoms with Crippen LogP contribution >= 0.6 is 11.6 Å². The van der Waals surface area contributed by atoms with Crippen molar-refractivity contribution in [2.75, 3.05) is 6.61 Å². The number of carbonyl (C=O) groups excluding carboxylic acids is 1. The van der Waals surface area contributed by atoms with Crippen LogP contribution in [0.2, 0.25) is 5.02 Å². The van der Waals surface area contributed by atoms with Crippen LogP contribution in [0.5, 0.6) is 5.75 Å². The number of hydrogen-bond acceptors (Lipinski definition) is 3. The molecule has 0 aliphatic rings. The third kappa shape index (κ3) is 5.69. The molecule has 0 saturated carbocycles. The quantitative estimate of drug-likeness (QED) is 0.433. The molecule has 0 aliphatic heterocycles. The number of amides is 1. The largest absolute Gasteiger partial charge is 0.484 e. The van der Waals surface area contributed by atoms with Gasteiger partial charge in [-0.2, -0.15) is 5.10 Å². The van der Waals surface area contributed by atoms with Crippen molar-refractivity contribution < 1.29 is 9.53 Å². The first-order chi connectivity index (χ1) is 13.9. The number of ether oxygens (including phenoxy) is 1. The average molecular weight is 407 g/mol. The smallest absolute Gasteiger partial charge is 0.277 e. The zero-order valence-corrected chi connectivity index (χ0v) is 17.2. The lowest BCUT2D eigenvalue weighted by atomic mass is 9.78. The van der Waals surface area contributed by atoms with Crippen molar-refractivity contribution in [3.05, 3.63) is 101 Å². The van der Waals surface area contributed by atoms with Gasteiger partial charge >= 0.3 is 0 Å². The molecule has 29 heavy (non-hydrogen) atoms. The van der Waals surface area contributed by atoms with Gasteiger partial charge in [0.25, 0.3) is 5.91 Å². The fraction of sp³-hybridized carbons (Fsp3) is 0.167. The standard InChI is InChI=1S/C24H23ClN2O2/c1-24(2,19-6-4-3-5-7-19)20-10-14-22(15-11-20)29-17-23(28)27-26-16-18-8-12-21(25)13-9-18/h3-16H,17H2,1-2H3,(H,27,28). The number of hydrazone groups is 1. The maximum atomic E-state index is 11.9. The van der Waals surface area contributed by atoms with Crippen molar-refractivity contribution in [2.45, 2.75) is 19.3 Å². The van der Waals surface area contributed by atoms with E-state index >= 15 is 0 Å². The molecule has 0 atom stereocenters. The van der Waals surface area contributed by atoms with Crippen molar-refractivity contribution in [1.29, 1.82) is 0 Å². The van der Waals surface area contributed by atoms with E-state index < -0.39 is 0 Å². The summed E-state index contributed by atoms with van der Waals surface area (Å²) in [5.74, 6) is 0.304. The number of hydrogen-bond donors (Lipinski definition) is 1. The normalized spacial score (nSPS) is 11.4. The molecular formula is C24H23ClN2O2. The molecule has 1 amide bonds. The minimum absolute atomic E-state index is 0.112. The van der Waals surface area contributed by atoms with Crippen LogP contribution in [0.25, 0.3) is 0 Å². The third-order valence-corrected chi connectivity index (χ3v) is 4.97. The second kappa shape index (κ2) is 9.39. The Morgan fingerprint density at radius 3 is 2.24 bits per heavy atom. The maximum absolute atomic E-state index is 11.9. The van der Waals surface area contributed by atoms with Crippen molar-refractivity contribution >= 4 is 23.7 Å². The molecule has 0 bridgehead atoms. The number of benzene rings is 3. The third-order valence-electron chi connectivity index (χ3n) is 4.71. The van der Waals surface area contributed by atoms with E-state index in [1.165, 1.54) is 11.1 Å². The molecule has 1 N–H and O–H groups in total. The van der Waals surface area contributed by atoms with E-state index in [1.54, 1.807) is 18.3 Å². The Balaban J connectivity index is 1.52. The molecule has 0 fully saturated rings. The van der Waals surface area contributed by atoms with Crippen LogP contribution in [-0.4, -0.2) is 18.7 Å². The van der Waals surface area contributed by atoms with Gasteiger partial charge in [-0.05, 0) is 41.0 Å². The van der Waals surface area contributed by atoms with Gasteiger partial charge in [-0.25, -0.2) is 5.43 Å². The van der Waals surface area contributed by atoms with Gasteiger partial charge < -0.3 is 4.74 Å². The topological polar surface area (TPSA) is 50.7 Å². The Labute approximate surface area is 176 Å². The highest BCUT2D eigenvalue weighted by Crippen LogP contribution is 2.32. The molecule has 0 aliphatic carbocycles. The van der Waals surface area contributed by atoms with E-state index in [2.05, 4.69) is 36.5 Å². The summed E-state index contributed by atoms with van der Waals surface area (Å²) in [5, 5.41) is 4.57. The summed E-state index contributed by atoms with van der Waals surface area (Å²) >= 11 is 5.83. The molecule has 3 rings (SSSR count). The van der Waals surface area contributed by atoms with E-state index in [0.29, 0.717) is 10.8 Å². The average Bonchev–Trinajstić information content (AvgIpc) is 2.74. The first-order valence-electron chi connectivity index (χ1n) is 9.31. The summed E-state index contributed by atoms with van der Waals surface area (Å²) in [5.41, 5.74) is 5.58. The molecule has 3 aromatic rings. The number of nitrogens with zero attached hydrogens (tertiary/aromatic N) is 1. The highest BCUT2D eigenvalue weighted by atomic mass is 35.5. The van der Waals surface area contributed by atoms with Gasteiger partial charge in [0.15, 0.2) is 6.61 Å².